The summed E-state index contributed by atoms with van der Waals surface area (Å²) in [6.07, 6.45) is 10.9. The number of nitrogens with zero attached hydrogens (tertiary/aromatic N) is 2. The molecule has 0 bridgehead atoms. The fourth-order valence-electron chi connectivity index (χ4n) is 1.49. The molecule has 2 rings (SSSR count). The normalized spacial score (nSPS) is 20.8. The fourth-order valence-corrected chi connectivity index (χ4v) is 1.59. The Bertz CT molecular complexity index is 321. The van der Waals surface area contributed by atoms with Gasteiger partial charge in [0.05, 0.1) is 17.4 Å². The van der Waals surface area contributed by atoms with Gasteiger partial charge in [0.1, 0.15) is 0 Å². The molecule has 1 aliphatic rings. The Balaban J connectivity index is 1.96. The zero-order valence-electron chi connectivity index (χ0n) is 7.78. The number of nitrogens with one attached hydrogen (secondary N) is 1. The third-order valence-corrected chi connectivity index (χ3v) is 2.42. The minimum Gasteiger partial charge on any atom is -0.351 e. The summed E-state index contributed by atoms with van der Waals surface area (Å²) in [5, 5.41) is 3.84. The molecule has 4 heteroatoms. The lowest BCUT2D eigenvalue weighted by atomic mass is 10.0. The molecule has 0 radical (unpaired) electrons. The van der Waals surface area contributed by atoms with Crippen LogP contribution in [-0.2, 0) is 0 Å². The predicted molar refractivity (Wildman–Crippen MR) is 57.4 cm³/mol. The maximum atomic E-state index is 5.69. The van der Waals surface area contributed by atoms with Crippen LogP contribution in [0.2, 0.25) is 5.02 Å². The summed E-state index contributed by atoms with van der Waals surface area (Å²) in [6.45, 7) is 0. The lowest BCUT2D eigenvalue weighted by molar-refractivity contribution is 0.639. The molecular formula is C10H12ClN3. The van der Waals surface area contributed by atoms with Gasteiger partial charge in [-0.15, -0.1) is 0 Å². The number of rotatable bonds is 2. The minimum atomic E-state index is 0.459. The van der Waals surface area contributed by atoms with Gasteiger partial charge in [0.15, 0.2) is 0 Å². The summed E-state index contributed by atoms with van der Waals surface area (Å²) in [6, 6.07) is 0.459. The molecule has 1 heterocycles. The van der Waals surface area contributed by atoms with E-state index < -0.39 is 0 Å². The van der Waals surface area contributed by atoms with E-state index in [4.69, 9.17) is 11.6 Å². The molecule has 1 aromatic heterocycles. The molecule has 0 aliphatic heterocycles. The summed E-state index contributed by atoms with van der Waals surface area (Å²) in [5.41, 5.74) is 0. The first kappa shape index (κ1) is 9.46. The van der Waals surface area contributed by atoms with Crippen molar-refractivity contribution in [3.8, 4) is 0 Å². The van der Waals surface area contributed by atoms with Crippen LogP contribution in [0.5, 0.6) is 0 Å². The Kier molecular flexibility index (Phi) is 2.99. The lowest BCUT2D eigenvalue weighted by Gasteiger charge is -2.18. The summed E-state index contributed by atoms with van der Waals surface area (Å²) in [5.74, 6) is 0.662. The van der Waals surface area contributed by atoms with Crippen molar-refractivity contribution >= 4 is 17.5 Å². The van der Waals surface area contributed by atoms with E-state index in [0.717, 1.165) is 19.3 Å². The van der Waals surface area contributed by atoms with E-state index in [0.29, 0.717) is 17.0 Å². The van der Waals surface area contributed by atoms with Crippen molar-refractivity contribution in [1.82, 2.24) is 9.97 Å². The van der Waals surface area contributed by atoms with Gasteiger partial charge in [0, 0.05) is 6.04 Å². The average molecular weight is 210 g/mol. The highest BCUT2D eigenvalue weighted by Gasteiger charge is 2.10. The monoisotopic (exact) mass is 209 g/mol. The van der Waals surface area contributed by atoms with E-state index in [-0.39, 0.29) is 0 Å². The zero-order valence-corrected chi connectivity index (χ0v) is 8.54. The lowest BCUT2D eigenvalue weighted by Crippen LogP contribution is -2.21. The molecule has 0 amide bonds. The van der Waals surface area contributed by atoms with Crippen molar-refractivity contribution in [2.75, 3.05) is 5.32 Å². The summed E-state index contributed by atoms with van der Waals surface area (Å²) in [4.78, 5) is 8.19. The van der Waals surface area contributed by atoms with Gasteiger partial charge in [-0.2, -0.15) is 0 Å². The second kappa shape index (κ2) is 4.42. The molecule has 0 saturated heterocycles. The molecule has 0 aromatic carbocycles. The molecule has 1 N–H and O–H groups in total. The van der Waals surface area contributed by atoms with Crippen molar-refractivity contribution < 1.29 is 0 Å². The number of halogens is 1. The first-order valence-corrected chi connectivity index (χ1v) is 5.11. The van der Waals surface area contributed by atoms with Gasteiger partial charge in [-0.1, -0.05) is 23.8 Å². The van der Waals surface area contributed by atoms with Crippen LogP contribution in [0.25, 0.3) is 0 Å². The Hall–Kier alpha value is -1.09. The van der Waals surface area contributed by atoms with Crippen LogP contribution in [0.15, 0.2) is 24.5 Å². The maximum Gasteiger partial charge on any atom is 0.222 e. The molecule has 14 heavy (non-hydrogen) atoms. The number of hydrogen-bond donors (Lipinski definition) is 1. The van der Waals surface area contributed by atoms with E-state index >= 15 is 0 Å². The standard InChI is InChI=1S/C10H12ClN3/c11-8-6-12-10(13-7-8)14-9-4-2-1-3-5-9/h1-2,6-7,9H,3-5H2,(H,12,13,14). The largest absolute Gasteiger partial charge is 0.351 e. The Morgan fingerprint density at radius 2 is 2.07 bits per heavy atom. The van der Waals surface area contributed by atoms with Crippen molar-refractivity contribution in [3.05, 3.63) is 29.6 Å². The molecule has 74 valence electrons. The Morgan fingerprint density at radius 1 is 1.29 bits per heavy atom. The van der Waals surface area contributed by atoms with E-state index in [2.05, 4.69) is 27.4 Å². The molecular weight excluding hydrogens is 198 g/mol. The smallest absolute Gasteiger partial charge is 0.222 e. The van der Waals surface area contributed by atoms with Crippen molar-refractivity contribution in [2.45, 2.75) is 25.3 Å². The SMILES string of the molecule is Clc1cnc(NC2CC=CCC2)nc1. The number of aromatic nitrogens is 2. The first-order chi connectivity index (χ1) is 6.84. The van der Waals surface area contributed by atoms with Crippen LogP contribution in [0, 0.1) is 0 Å². The van der Waals surface area contributed by atoms with Crippen LogP contribution >= 0.6 is 11.6 Å². The molecule has 0 saturated carbocycles. The molecule has 1 aromatic rings. The van der Waals surface area contributed by atoms with Crippen LogP contribution in [0.1, 0.15) is 19.3 Å². The van der Waals surface area contributed by atoms with E-state index in [1.165, 1.54) is 0 Å². The van der Waals surface area contributed by atoms with Gasteiger partial charge in [-0.05, 0) is 19.3 Å². The van der Waals surface area contributed by atoms with Crippen molar-refractivity contribution in [2.24, 2.45) is 0 Å². The van der Waals surface area contributed by atoms with Crippen molar-refractivity contribution in [1.29, 1.82) is 0 Å². The molecule has 0 spiro atoms. The van der Waals surface area contributed by atoms with E-state index in [1.807, 2.05) is 0 Å². The van der Waals surface area contributed by atoms with Crippen LogP contribution in [0.4, 0.5) is 5.95 Å². The molecule has 0 fully saturated rings. The predicted octanol–water partition coefficient (Wildman–Crippen LogP) is 2.65. The van der Waals surface area contributed by atoms with Gasteiger partial charge in [0.2, 0.25) is 5.95 Å². The summed E-state index contributed by atoms with van der Waals surface area (Å²) in [7, 11) is 0. The number of hydrogen-bond acceptors (Lipinski definition) is 3. The second-order valence-corrected chi connectivity index (χ2v) is 3.79. The van der Waals surface area contributed by atoms with Crippen molar-refractivity contribution in [3.63, 3.8) is 0 Å². The third-order valence-electron chi connectivity index (χ3n) is 2.22. The van der Waals surface area contributed by atoms with Gasteiger partial charge in [0.25, 0.3) is 0 Å². The Morgan fingerprint density at radius 3 is 2.71 bits per heavy atom. The quantitative estimate of drug-likeness (QED) is 0.761. The molecule has 1 unspecified atom stereocenters. The van der Waals surface area contributed by atoms with Gasteiger partial charge < -0.3 is 5.32 Å². The third kappa shape index (κ3) is 2.45. The first-order valence-electron chi connectivity index (χ1n) is 4.73. The number of anilines is 1. The highest BCUT2D eigenvalue weighted by atomic mass is 35.5. The van der Waals surface area contributed by atoms with Crippen LogP contribution < -0.4 is 5.32 Å². The summed E-state index contributed by atoms with van der Waals surface area (Å²) >= 11 is 5.69. The van der Waals surface area contributed by atoms with Crippen LogP contribution in [0.3, 0.4) is 0 Å². The molecule has 1 aliphatic carbocycles. The summed E-state index contributed by atoms with van der Waals surface area (Å²) < 4.78 is 0. The maximum absolute atomic E-state index is 5.69. The van der Waals surface area contributed by atoms with E-state index in [1.54, 1.807) is 12.4 Å². The fraction of sp³-hybridized carbons (Fsp3) is 0.400. The van der Waals surface area contributed by atoms with Gasteiger partial charge in [-0.25, -0.2) is 9.97 Å². The average Bonchev–Trinajstić information content (AvgIpc) is 2.23. The Labute approximate surface area is 88.2 Å². The second-order valence-electron chi connectivity index (χ2n) is 3.35. The van der Waals surface area contributed by atoms with Gasteiger partial charge >= 0.3 is 0 Å². The zero-order chi connectivity index (χ0) is 9.80. The minimum absolute atomic E-state index is 0.459. The molecule has 1 atom stereocenters. The van der Waals surface area contributed by atoms with E-state index in [9.17, 15) is 0 Å². The van der Waals surface area contributed by atoms with Gasteiger partial charge in [-0.3, -0.25) is 0 Å². The highest BCUT2D eigenvalue weighted by molar-refractivity contribution is 6.30. The van der Waals surface area contributed by atoms with Crippen LogP contribution in [-0.4, -0.2) is 16.0 Å². The number of allylic oxidation sites excluding steroid dienone is 1. The molecule has 3 nitrogen and oxygen atoms in total. The highest BCUT2D eigenvalue weighted by Crippen LogP contribution is 2.15. The topological polar surface area (TPSA) is 37.8 Å².